The minimum Gasteiger partial charge on any atom is -0.481 e. The molecule has 1 atom stereocenters. The largest absolute Gasteiger partial charge is 0.481 e. The molecule has 1 rings (SSSR count). The van der Waals surface area contributed by atoms with Crippen LogP contribution in [0.1, 0.15) is 88.4 Å². The minimum absolute atomic E-state index is 0.159. The molecule has 0 bridgehead atoms. The maximum Gasteiger partial charge on any atom is 0.303 e. The molecule has 0 aliphatic carbocycles. The number of unbranched alkanes of at least 4 members (excludes halogenated alkanes) is 6. The van der Waals surface area contributed by atoms with Crippen molar-refractivity contribution >= 4 is 16.0 Å². The summed E-state index contributed by atoms with van der Waals surface area (Å²) in [5.74, 6) is -0.794. The first-order chi connectivity index (χ1) is 13.7. The molecule has 0 heterocycles. The van der Waals surface area contributed by atoms with Crippen LogP contribution in [-0.4, -0.2) is 41.7 Å². The van der Waals surface area contributed by atoms with Crippen molar-refractivity contribution in [2.45, 2.75) is 83.8 Å². The fourth-order valence-electron chi connectivity index (χ4n) is 3.26. The predicted octanol–water partition coefficient (Wildman–Crippen LogP) is 4.49. The van der Waals surface area contributed by atoms with Crippen LogP contribution in [0.5, 0.6) is 0 Å². The van der Waals surface area contributed by atoms with Crippen LogP contribution in [0.15, 0.2) is 24.3 Å². The summed E-state index contributed by atoms with van der Waals surface area (Å²) >= 11 is 0. The maximum absolute atomic E-state index is 12.1. The second kappa shape index (κ2) is 13.7. The van der Waals surface area contributed by atoms with Gasteiger partial charge in [0.15, 0.2) is 0 Å². The summed E-state index contributed by atoms with van der Waals surface area (Å²) in [7, 11) is -3.32. The standard InChI is InChI=1S/C22H37NO5S/c1-3-4-5-8-11-21(24)20-15-13-19(14-16-20)18-23(29(2,27)28)17-10-7-6-9-12-22(25)26/h13-16,21,24H,3-12,17-18H2,1-2H3,(H,25,26). The number of carbonyl (C=O) groups is 1. The summed E-state index contributed by atoms with van der Waals surface area (Å²) in [5, 5.41) is 18.9. The highest BCUT2D eigenvalue weighted by Gasteiger charge is 2.17. The highest BCUT2D eigenvalue weighted by atomic mass is 32.2. The zero-order chi connectivity index (χ0) is 21.7. The van der Waals surface area contributed by atoms with Crippen LogP contribution in [0.2, 0.25) is 0 Å². The molecule has 2 N–H and O–H groups in total. The van der Waals surface area contributed by atoms with E-state index in [0.29, 0.717) is 25.9 Å². The van der Waals surface area contributed by atoms with Gasteiger partial charge in [-0.05, 0) is 30.4 Å². The van der Waals surface area contributed by atoms with Gasteiger partial charge in [-0.2, -0.15) is 4.31 Å². The van der Waals surface area contributed by atoms with Gasteiger partial charge in [0.2, 0.25) is 10.0 Å². The Morgan fingerprint density at radius 1 is 1.00 bits per heavy atom. The van der Waals surface area contributed by atoms with Crippen LogP contribution in [0.3, 0.4) is 0 Å². The van der Waals surface area contributed by atoms with Crippen molar-refractivity contribution in [2.75, 3.05) is 12.8 Å². The van der Waals surface area contributed by atoms with E-state index >= 15 is 0 Å². The van der Waals surface area contributed by atoms with Gasteiger partial charge in [-0.3, -0.25) is 4.79 Å². The summed E-state index contributed by atoms with van der Waals surface area (Å²) in [6.45, 7) is 2.89. The molecule has 0 saturated heterocycles. The maximum atomic E-state index is 12.1. The van der Waals surface area contributed by atoms with Crippen LogP contribution in [0.4, 0.5) is 0 Å². The number of sulfonamides is 1. The third-order valence-electron chi connectivity index (χ3n) is 5.07. The van der Waals surface area contributed by atoms with Crippen molar-refractivity contribution in [2.24, 2.45) is 0 Å². The summed E-state index contributed by atoms with van der Waals surface area (Å²) in [6.07, 6.45) is 9.06. The van der Waals surface area contributed by atoms with Crippen LogP contribution in [0.25, 0.3) is 0 Å². The third-order valence-corrected chi connectivity index (χ3v) is 6.32. The van der Waals surface area contributed by atoms with E-state index in [1.807, 2.05) is 24.3 Å². The third kappa shape index (κ3) is 11.4. The molecule has 0 amide bonds. The van der Waals surface area contributed by atoms with E-state index in [4.69, 9.17) is 5.11 Å². The van der Waals surface area contributed by atoms with Gasteiger partial charge < -0.3 is 10.2 Å². The van der Waals surface area contributed by atoms with Crippen LogP contribution >= 0.6 is 0 Å². The molecule has 29 heavy (non-hydrogen) atoms. The van der Waals surface area contributed by atoms with Gasteiger partial charge in [0.1, 0.15) is 0 Å². The number of aliphatic carboxylic acids is 1. The molecule has 0 fully saturated rings. The van der Waals surface area contributed by atoms with E-state index < -0.39 is 22.1 Å². The van der Waals surface area contributed by atoms with Gasteiger partial charge in [0.05, 0.1) is 12.4 Å². The molecule has 0 aromatic heterocycles. The fraction of sp³-hybridized carbons (Fsp3) is 0.682. The number of aliphatic hydroxyl groups excluding tert-OH is 1. The lowest BCUT2D eigenvalue weighted by Crippen LogP contribution is -2.30. The first-order valence-corrected chi connectivity index (χ1v) is 12.5. The number of benzene rings is 1. The molecule has 6 nitrogen and oxygen atoms in total. The Bertz CT molecular complexity index is 688. The van der Waals surface area contributed by atoms with Crippen LogP contribution in [-0.2, 0) is 21.4 Å². The number of hydrogen-bond donors (Lipinski definition) is 2. The topological polar surface area (TPSA) is 94.9 Å². The number of carboxylic acid groups (broad SMARTS) is 1. The van der Waals surface area contributed by atoms with E-state index in [0.717, 1.165) is 43.2 Å². The van der Waals surface area contributed by atoms with E-state index in [1.165, 1.54) is 23.4 Å². The molecular formula is C22H37NO5S. The monoisotopic (exact) mass is 427 g/mol. The first kappa shape index (κ1) is 25.6. The first-order valence-electron chi connectivity index (χ1n) is 10.7. The zero-order valence-corrected chi connectivity index (χ0v) is 18.7. The average Bonchev–Trinajstić information content (AvgIpc) is 2.66. The lowest BCUT2D eigenvalue weighted by molar-refractivity contribution is -0.137. The molecule has 0 radical (unpaired) electrons. The Labute approximate surface area is 176 Å². The van der Waals surface area contributed by atoms with Crippen LogP contribution in [0, 0.1) is 0 Å². The highest BCUT2D eigenvalue weighted by molar-refractivity contribution is 7.88. The van der Waals surface area contributed by atoms with Crippen molar-refractivity contribution in [1.82, 2.24) is 4.31 Å². The molecule has 1 aromatic rings. The molecule has 7 heteroatoms. The van der Waals surface area contributed by atoms with Crippen molar-refractivity contribution in [3.05, 3.63) is 35.4 Å². The smallest absolute Gasteiger partial charge is 0.303 e. The van der Waals surface area contributed by atoms with E-state index in [-0.39, 0.29) is 6.42 Å². The Kier molecular flexibility index (Phi) is 12.1. The van der Waals surface area contributed by atoms with Gasteiger partial charge in [-0.25, -0.2) is 8.42 Å². The van der Waals surface area contributed by atoms with E-state index in [9.17, 15) is 18.3 Å². The molecule has 1 unspecified atom stereocenters. The molecule has 0 spiro atoms. The summed E-state index contributed by atoms with van der Waals surface area (Å²) in [5.41, 5.74) is 1.76. The SMILES string of the molecule is CCCCCCC(O)c1ccc(CN(CCCCCCC(=O)O)S(C)(=O)=O)cc1. The van der Waals surface area contributed by atoms with E-state index in [1.54, 1.807) is 0 Å². The summed E-state index contributed by atoms with van der Waals surface area (Å²) in [4.78, 5) is 10.5. The average molecular weight is 428 g/mol. The van der Waals surface area contributed by atoms with Crippen molar-refractivity contribution < 1.29 is 23.4 Å². The summed E-state index contributed by atoms with van der Waals surface area (Å²) in [6, 6.07) is 7.53. The molecule has 1 aromatic carbocycles. The van der Waals surface area contributed by atoms with Gasteiger partial charge >= 0.3 is 5.97 Å². The Morgan fingerprint density at radius 2 is 1.62 bits per heavy atom. The molecular weight excluding hydrogens is 390 g/mol. The quantitative estimate of drug-likeness (QED) is 0.379. The number of rotatable bonds is 16. The van der Waals surface area contributed by atoms with Crippen LogP contribution < -0.4 is 0 Å². The highest BCUT2D eigenvalue weighted by Crippen LogP contribution is 2.21. The number of aliphatic hydroxyl groups is 1. The lowest BCUT2D eigenvalue weighted by Gasteiger charge is -2.20. The summed E-state index contributed by atoms with van der Waals surface area (Å²) < 4.78 is 25.7. The normalized spacial score (nSPS) is 13.0. The molecule has 0 saturated carbocycles. The van der Waals surface area contributed by atoms with Gasteiger partial charge in [0.25, 0.3) is 0 Å². The molecule has 166 valence electrons. The van der Waals surface area contributed by atoms with Gasteiger partial charge in [0, 0.05) is 19.5 Å². The number of hydrogen-bond acceptors (Lipinski definition) is 4. The molecule has 0 aliphatic rings. The number of nitrogens with zero attached hydrogens (tertiary/aromatic N) is 1. The Hall–Kier alpha value is -1.44. The molecule has 0 aliphatic heterocycles. The second-order valence-corrected chi connectivity index (χ2v) is 9.74. The predicted molar refractivity (Wildman–Crippen MR) is 116 cm³/mol. The Morgan fingerprint density at radius 3 is 2.21 bits per heavy atom. The van der Waals surface area contributed by atoms with Gasteiger partial charge in [-0.1, -0.05) is 69.7 Å². The van der Waals surface area contributed by atoms with Gasteiger partial charge in [-0.15, -0.1) is 0 Å². The lowest BCUT2D eigenvalue weighted by atomic mass is 10.0. The Balaban J connectivity index is 2.51. The number of carboxylic acids is 1. The van der Waals surface area contributed by atoms with E-state index in [2.05, 4.69) is 6.92 Å². The zero-order valence-electron chi connectivity index (χ0n) is 17.8. The second-order valence-electron chi connectivity index (χ2n) is 7.76. The van der Waals surface area contributed by atoms with Crippen molar-refractivity contribution in [1.29, 1.82) is 0 Å². The van der Waals surface area contributed by atoms with Crippen molar-refractivity contribution in [3.63, 3.8) is 0 Å². The minimum atomic E-state index is -3.32. The van der Waals surface area contributed by atoms with Crippen molar-refractivity contribution in [3.8, 4) is 0 Å². The fourth-order valence-corrected chi connectivity index (χ4v) is 4.10.